The molecule has 1 aromatic heterocycles. The van der Waals surface area contributed by atoms with Gasteiger partial charge in [0, 0.05) is 11.5 Å². The monoisotopic (exact) mass is 361 g/mol. The normalized spacial score (nSPS) is 11.4. The highest BCUT2D eigenvalue weighted by molar-refractivity contribution is 7.92. The van der Waals surface area contributed by atoms with Crippen molar-refractivity contribution in [2.45, 2.75) is 6.92 Å². The number of ether oxygens (including phenoxy) is 1. The molecule has 0 spiro atoms. The van der Waals surface area contributed by atoms with Crippen molar-refractivity contribution in [3.8, 4) is 5.88 Å². The summed E-state index contributed by atoms with van der Waals surface area (Å²) in [7, 11) is -2.23. The van der Waals surface area contributed by atoms with Gasteiger partial charge in [-0.2, -0.15) is 0 Å². The fourth-order valence-electron chi connectivity index (χ4n) is 1.84. The van der Waals surface area contributed by atoms with Gasteiger partial charge in [-0.25, -0.2) is 18.1 Å². The Hall–Kier alpha value is -2.71. The van der Waals surface area contributed by atoms with E-state index in [1.165, 1.54) is 19.4 Å². The number of hydrogen-bond donors (Lipinski definition) is 2. The molecule has 1 aromatic carbocycles. The molecular formula is C17H19N3O4S. The number of amides is 1. The van der Waals surface area contributed by atoms with Crippen molar-refractivity contribution in [2.24, 2.45) is 0 Å². The van der Waals surface area contributed by atoms with Gasteiger partial charge in [0.05, 0.1) is 25.5 Å². The summed E-state index contributed by atoms with van der Waals surface area (Å²) in [5, 5.41) is 3.57. The number of carbonyl (C=O) groups is 1. The molecule has 0 aliphatic rings. The van der Waals surface area contributed by atoms with Crippen LogP contribution in [0.1, 0.15) is 11.1 Å². The second-order valence-corrected chi connectivity index (χ2v) is 6.87. The smallest absolute Gasteiger partial charge is 0.239 e. The molecule has 7 nitrogen and oxygen atoms in total. The summed E-state index contributed by atoms with van der Waals surface area (Å²) >= 11 is 0. The first kappa shape index (κ1) is 18.6. The van der Waals surface area contributed by atoms with E-state index in [1.807, 2.05) is 31.2 Å². The van der Waals surface area contributed by atoms with E-state index in [1.54, 1.807) is 12.1 Å². The van der Waals surface area contributed by atoms with Gasteiger partial charge in [-0.1, -0.05) is 29.8 Å². The summed E-state index contributed by atoms with van der Waals surface area (Å²) in [6, 6.07) is 10.6. The number of sulfonamides is 1. The second-order valence-electron chi connectivity index (χ2n) is 5.22. The summed E-state index contributed by atoms with van der Waals surface area (Å²) in [6.45, 7) is 1.56. The molecule has 0 saturated heterocycles. The summed E-state index contributed by atoms with van der Waals surface area (Å²) in [5.74, 6) is -0.0841. The Bertz CT molecular complexity index is 844. The van der Waals surface area contributed by atoms with Crippen LogP contribution in [0.3, 0.4) is 0 Å². The van der Waals surface area contributed by atoms with Crippen LogP contribution in [-0.4, -0.2) is 33.0 Å². The third kappa shape index (κ3) is 6.36. The Morgan fingerprint density at radius 3 is 2.52 bits per heavy atom. The van der Waals surface area contributed by atoms with Crippen LogP contribution in [-0.2, 0) is 14.8 Å². The molecule has 1 heterocycles. The molecule has 2 rings (SSSR count). The van der Waals surface area contributed by atoms with Gasteiger partial charge >= 0.3 is 0 Å². The predicted molar refractivity (Wildman–Crippen MR) is 96.6 cm³/mol. The lowest BCUT2D eigenvalue weighted by molar-refractivity contribution is -0.115. The van der Waals surface area contributed by atoms with Crippen LogP contribution < -0.4 is 14.8 Å². The predicted octanol–water partition coefficient (Wildman–Crippen LogP) is 1.93. The minimum Gasteiger partial charge on any atom is -0.481 e. The molecule has 0 unspecified atom stereocenters. The van der Waals surface area contributed by atoms with Crippen molar-refractivity contribution in [1.29, 1.82) is 0 Å². The summed E-state index contributed by atoms with van der Waals surface area (Å²) in [6.07, 6.45) is 2.88. The van der Waals surface area contributed by atoms with Crippen molar-refractivity contribution in [1.82, 2.24) is 9.71 Å². The zero-order chi connectivity index (χ0) is 18.3. The van der Waals surface area contributed by atoms with Crippen LogP contribution in [0.4, 0.5) is 5.69 Å². The van der Waals surface area contributed by atoms with Gasteiger partial charge in [-0.05, 0) is 24.6 Å². The van der Waals surface area contributed by atoms with Crippen LogP contribution in [0.15, 0.2) is 48.0 Å². The SMILES string of the molecule is COc1ccc(NC(=O)CNS(=O)(=O)C=Cc2ccc(C)cc2)cn1. The first-order chi connectivity index (χ1) is 11.9. The van der Waals surface area contributed by atoms with E-state index >= 15 is 0 Å². The van der Waals surface area contributed by atoms with E-state index in [0.717, 1.165) is 16.5 Å². The van der Waals surface area contributed by atoms with E-state index in [4.69, 9.17) is 4.74 Å². The Labute approximate surface area is 146 Å². The number of methoxy groups -OCH3 is 1. The fourth-order valence-corrected chi connectivity index (χ4v) is 2.60. The molecule has 1 amide bonds. The van der Waals surface area contributed by atoms with Crippen LogP contribution >= 0.6 is 0 Å². The number of aromatic nitrogens is 1. The van der Waals surface area contributed by atoms with Gasteiger partial charge in [-0.3, -0.25) is 4.79 Å². The number of carbonyl (C=O) groups excluding carboxylic acids is 1. The number of anilines is 1. The molecule has 0 fully saturated rings. The number of pyridine rings is 1. The third-order valence-corrected chi connectivity index (χ3v) is 4.22. The Morgan fingerprint density at radius 1 is 1.20 bits per heavy atom. The average molecular weight is 361 g/mol. The number of nitrogens with zero attached hydrogens (tertiary/aromatic N) is 1. The second kappa shape index (κ2) is 8.41. The Balaban J connectivity index is 1.87. The van der Waals surface area contributed by atoms with Gasteiger partial charge in [0.15, 0.2) is 0 Å². The molecule has 0 radical (unpaired) electrons. The van der Waals surface area contributed by atoms with Gasteiger partial charge in [0.2, 0.25) is 21.8 Å². The van der Waals surface area contributed by atoms with E-state index in [-0.39, 0.29) is 6.54 Å². The van der Waals surface area contributed by atoms with Gasteiger partial charge < -0.3 is 10.1 Å². The first-order valence-corrected chi connectivity index (χ1v) is 8.97. The van der Waals surface area contributed by atoms with E-state index in [0.29, 0.717) is 11.6 Å². The molecule has 132 valence electrons. The third-order valence-electron chi connectivity index (χ3n) is 3.18. The van der Waals surface area contributed by atoms with Crippen molar-refractivity contribution in [3.05, 3.63) is 59.1 Å². The van der Waals surface area contributed by atoms with E-state index in [9.17, 15) is 13.2 Å². The molecule has 2 aromatic rings. The van der Waals surface area contributed by atoms with Crippen molar-refractivity contribution in [2.75, 3.05) is 19.0 Å². The lowest BCUT2D eigenvalue weighted by Gasteiger charge is -2.06. The molecule has 2 N–H and O–H groups in total. The molecule has 25 heavy (non-hydrogen) atoms. The Morgan fingerprint density at radius 2 is 1.92 bits per heavy atom. The quantitative estimate of drug-likeness (QED) is 0.785. The van der Waals surface area contributed by atoms with Gasteiger partial charge in [-0.15, -0.1) is 0 Å². The molecule has 0 atom stereocenters. The largest absolute Gasteiger partial charge is 0.481 e. The fraction of sp³-hybridized carbons (Fsp3) is 0.176. The summed E-state index contributed by atoms with van der Waals surface area (Å²) in [4.78, 5) is 15.7. The number of hydrogen-bond acceptors (Lipinski definition) is 5. The van der Waals surface area contributed by atoms with E-state index < -0.39 is 15.9 Å². The highest BCUT2D eigenvalue weighted by atomic mass is 32.2. The Kier molecular flexibility index (Phi) is 6.26. The first-order valence-electron chi connectivity index (χ1n) is 7.42. The number of aryl methyl sites for hydroxylation is 1. The summed E-state index contributed by atoms with van der Waals surface area (Å²) < 4.78 is 30.9. The maximum absolute atomic E-state index is 11.9. The van der Waals surface area contributed by atoms with Gasteiger partial charge in [0.1, 0.15) is 0 Å². The topological polar surface area (TPSA) is 97.4 Å². The maximum atomic E-state index is 11.9. The molecule has 0 aliphatic heterocycles. The lowest BCUT2D eigenvalue weighted by Crippen LogP contribution is -2.31. The minimum absolute atomic E-state index is 0.382. The molecule has 8 heteroatoms. The van der Waals surface area contributed by atoms with Crippen molar-refractivity contribution >= 4 is 27.7 Å². The zero-order valence-corrected chi connectivity index (χ0v) is 14.7. The molecular weight excluding hydrogens is 342 g/mol. The zero-order valence-electron chi connectivity index (χ0n) is 13.9. The highest BCUT2D eigenvalue weighted by Crippen LogP contribution is 2.10. The van der Waals surface area contributed by atoms with Crippen molar-refractivity contribution in [3.63, 3.8) is 0 Å². The maximum Gasteiger partial charge on any atom is 0.239 e. The van der Waals surface area contributed by atoms with Crippen molar-refractivity contribution < 1.29 is 17.9 Å². The number of rotatable bonds is 7. The van der Waals surface area contributed by atoms with E-state index in [2.05, 4.69) is 15.0 Å². The summed E-state index contributed by atoms with van der Waals surface area (Å²) in [5.41, 5.74) is 2.28. The van der Waals surface area contributed by atoms with Gasteiger partial charge in [0.25, 0.3) is 0 Å². The molecule has 0 saturated carbocycles. The molecule has 0 bridgehead atoms. The van der Waals surface area contributed by atoms with Crippen LogP contribution in [0.5, 0.6) is 5.88 Å². The lowest BCUT2D eigenvalue weighted by atomic mass is 10.2. The average Bonchev–Trinajstić information content (AvgIpc) is 2.60. The molecule has 0 aliphatic carbocycles. The number of nitrogens with one attached hydrogen (secondary N) is 2. The van der Waals surface area contributed by atoms with Crippen LogP contribution in [0, 0.1) is 6.92 Å². The minimum atomic E-state index is -3.71. The standard InChI is InChI=1S/C17H19N3O4S/c1-13-3-5-14(6-4-13)9-10-25(22,23)19-12-16(21)20-15-7-8-17(24-2)18-11-15/h3-11,19H,12H2,1-2H3,(H,20,21). The van der Waals surface area contributed by atoms with Crippen LogP contribution in [0.2, 0.25) is 0 Å². The highest BCUT2D eigenvalue weighted by Gasteiger charge is 2.09. The number of benzene rings is 1. The van der Waals surface area contributed by atoms with Crippen LogP contribution in [0.25, 0.3) is 6.08 Å².